The predicted octanol–water partition coefficient (Wildman–Crippen LogP) is 4.05. The van der Waals surface area contributed by atoms with Crippen molar-refractivity contribution in [2.45, 2.75) is 69.4 Å². The molecule has 1 heterocycles. The van der Waals surface area contributed by atoms with Gasteiger partial charge in [-0.15, -0.1) is 0 Å². The molecule has 1 aromatic carbocycles. The number of nitrogens with one attached hydrogen (secondary N) is 1. The molecule has 29 heavy (non-hydrogen) atoms. The van der Waals surface area contributed by atoms with E-state index in [1.54, 1.807) is 21.1 Å². The van der Waals surface area contributed by atoms with Gasteiger partial charge < -0.3 is 19.7 Å². The van der Waals surface area contributed by atoms with Crippen LogP contribution < -0.4 is 14.8 Å². The van der Waals surface area contributed by atoms with E-state index < -0.39 is 0 Å². The summed E-state index contributed by atoms with van der Waals surface area (Å²) < 4.78 is 11.2. The van der Waals surface area contributed by atoms with Gasteiger partial charge in [0.1, 0.15) is 0 Å². The minimum atomic E-state index is 0. The molecule has 1 amide bonds. The van der Waals surface area contributed by atoms with Gasteiger partial charge in [-0.1, -0.05) is 6.42 Å². The van der Waals surface area contributed by atoms with Crippen molar-refractivity contribution in [3.8, 4) is 11.5 Å². The smallest absolute Gasteiger partial charge is 0.217 e. The van der Waals surface area contributed by atoms with E-state index in [1.807, 2.05) is 0 Å². The minimum absolute atomic E-state index is 0. The number of carbonyl (C=O) groups excluding carboxylic acids is 1. The van der Waals surface area contributed by atoms with Crippen LogP contribution in [0, 0.1) is 11.8 Å². The van der Waals surface area contributed by atoms with Gasteiger partial charge in [0.25, 0.3) is 0 Å². The van der Waals surface area contributed by atoms with Crippen molar-refractivity contribution in [2.24, 2.45) is 11.8 Å². The summed E-state index contributed by atoms with van der Waals surface area (Å²) in [5, 5.41) is 3.20. The molecule has 0 aromatic heterocycles. The zero-order valence-electron chi connectivity index (χ0n) is 18.0. The van der Waals surface area contributed by atoms with E-state index in [1.165, 1.54) is 62.7 Å². The van der Waals surface area contributed by atoms with Gasteiger partial charge in [-0.2, -0.15) is 0 Å². The van der Waals surface area contributed by atoms with Gasteiger partial charge in [0, 0.05) is 19.8 Å². The number of likely N-dealkylation sites (tertiary alicyclic amines) is 1. The Kier molecular flexibility index (Phi) is 4.77. The lowest BCUT2D eigenvalue weighted by Gasteiger charge is -2.44. The Hall–Kier alpha value is -1.75. The standard InChI is InChI=1S/C24H34N2O3.H2/c1-15(27)25-20-14-24(19-13-23(29-3)22(28-2)12-18(19)20)6-8-26(9-7-24)21-11-16-4-5-17(21)10-16;/h12-13,16-17,20-21H,4-11,14H2,1-3H3,(H,25,27);1H/t16-,17+,20-,21-;/m0./s1. The fraction of sp³-hybridized carbons (Fsp3) is 0.708. The second-order valence-electron chi connectivity index (χ2n) is 9.81. The van der Waals surface area contributed by atoms with E-state index in [0.29, 0.717) is 0 Å². The van der Waals surface area contributed by atoms with Crippen LogP contribution in [0.25, 0.3) is 0 Å². The van der Waals surface area contributed by atoms with Gasteiger partial charge in [0.05, 0.1) is 20.3 Å². The second kappa shape index (κ2) is 7.19. The first-order chi connectivity index (χ1) is 14.0. The summed E-state index contributed by atoms with van der Waals surface area (Å²) in [6.07, 6.45) is 9.12. The highest BCUT2D eigenvalue weighted by atomic mass is 16.5. The molecule has 160 valence electrons. The van der Waals surface area contributed by atoms with Crippen LogP contribution >= 0.6 is 0 Å². The second-order valence-corrected chi connectivity index (χ2v) is 9.81. The molecule has 1 spiro atoms. The first-order valence-electron chi connectivity index (χ1n) is 11.3. The van der Waals surface area contributed by atoms with Crippen LogP contribution in [-0.4, -0.2) is 44.2 Å². The Labute approximate surface area is 175 Å². The average molecular weight is 401 g/mol. The number of rotatable bonds is 4. The molecule has 0 radical (unpaired) electrons. The molecule has 1 aromatic rings. The van der Waals surface area contributed by atoms with E-state index in [2.05, 4.69) is 22.3 Å². The van der Waals surface area contributed by atoms with E-state index in [9.17, 15) is 4.79 Å². The molecule has 4 atom stereocenters. The maximum atomic E-state index is 11.9. The van der Waals surface area contributed by atoms with E-state index in [4.69, 9.17) is 9.47 Å². The maximum absolute atomic E-state index is 11.9. The Morgan fingerprint density at radius 1 is 1.14 bits per heavy atom. The lowest BCUT2D eigenvalue weighted by Crippen LogP contribution is -2.48. The van der Waals surface area contributed by atoms with Gasteiger partial charge in [0.15, 0.2) is 11.5 Å². The molecule has 0 unspecified atom stereocenters. The van der Waals surface area contributed by atoms with E-state index in [0.717, 1.165) is 35.8 Å². The molecular formula is C24H36N2O3. The number of nitrogens with zero attached hydrogens (tertiary/aromatic N) is 1. The van der Waals surface area contributed by atoms with Crippen LogP contribution in [-0.2, 0) is 10.2 Å². The van der Waals surface area contributed by atoms with Crippen molar-refractivity contribution in [1.29, 1.82) is 0 Å². The van der Waals surface area contributed by atoms with Gasteiger partial charge in [-0.05, 0) is 86.7 Å². The third-order valence-corrected chi connectivity index (χ3v) is 8.40. The number of hydrogen-bond donors (Lipinski definition) is 1. The van der Waals surface area contributed by atoms with Gasteiger partial charge in [-0.3, -0.25) is 4.79 Å². The monoisotopic (exact) mass is 400 g/mol. The Balaban J connectivity index is 0.00000218. The zero-order chi connectivity index (χ0) is 20.2. The summed E-state index contributed by atoms with van der Waals surface area (Å²) in [6, 6.07) is 5.16. The Morgan fingerprint density at radius 3 is 2.45 bits per heavy atom. The van der Waals surface area contributed by atoms with Crippen molar-refractivity contribution in [3.05, 3.63) is 23.3 Å². The SMILES string of the molecule is COc1cc2c(cc1OC)C1(CCN([C@H]3C[C@H]4CC[C@@H]3C4)CC1)C[C@@H]2NC(C)=O.[HH]. The van der Waals surface area contributed by atoms with Crippen LogP contribution in [0.15, 0.2) is 12.1 Å². The normalized spacial score (nSPS) is 32.4. The average Bonchev–Trinajstić information content (AvgIpc) is 3.42. The summed E-state index contributed by atoms with van der Waals surface area (Å²) in [6.45, 7) is 3.96. The predicted molar refractivity (Wildman–Crippen MR) is 115 cm³/mol. The molecule has 5 nitrogen and oxygen atoms in total. The fourth-order valence-corrected chi connectivity index (χ4v) is 7.04. The largest absolute Gasteiger partial charge is 0.493 e. The number of hydrogen-bond acceptors (Lipinski definition) is 4. The van der Waals surface area contributed by atoms with Crippen molar-refractivity contribution in [3.63, 3.8) is 0 Å². The van der Waals surface area contributed by atoms with Crippen LogP contribution in [0.2, 0.25) is 0 Å². The number of fused-ring (bicyclic) bond motifs is 4. The molecule has 2 saturated carbocycles. The lowest BCUT2D eigenvalue weighted by atomic mass is 9.73. The number of benzene rings is 1. The fourth-order valence-electron chi connectivity index (χ4n) is 7.04. The molecule has 1 N–H and O–H groups in total. The third kappa shape index (κ3) is 3.13. The topological polar surface area (TPSA) is 50.8 Å². The third-order valence-electron chi connectivity index (χ3n) is 8.40. The maximum Gasteiger partial charge on any atom is 0.217 e. The molecule has 1 aliphatic heterocycles. The molecule has 3 aliphatic carbocycles. The molecule has 1 saturated heterocycles. The van der Waals surface area contributed by atoms with Crippen LogP contribution in [0.5, 0.6) is 11.5 Å². The van der Waals surface area contributed by atoms with Crippen molar-refractivity contribution >= 4 is 5.91 Å². The van der Waals surface area contributed by atoms with Gasteiger partial charge >= 0.3 is 0 Å². The van der Waals surface area contributed by atoms with Crippen molar-refractivity contribution in [2.75, 3.05) is 27.3 Å². The summed E-state index contributed by atoms with van der Waals surface area (Å²) in [4.78, 5) is 14.7. The molecule has 2 bridgehead atoms. The molecule has 3 fully saturated rings. The molecule has 5 heteroatoms. The van der Waals surface area contributed by atoms with Crippen LogP contribution in [0.3, 0.4) is 0 Å². The summed E-state index contributed by atoms with van der Waals surface area (Å²) in [5.41, 5.74) is 2.71. The van der Waals surface area contributed by atoms with Crippen LogP contribution in [0.1, 0.15) is 70.5 Å². The Bertz CT molecular complexity index is 806. The molecular weight excluding hydrogens is 364 g/mol. The van der Waals surface area contributed by atoms with Gasteiger partial charge in [0.2, 0.25) is 5.91 Å². The van der Waals surface area contributed by atoms with Crippen molar-refractivity contribution in [1.82, 2.24) is 10.2 Å². The van der Waals surface area contributed by atoms with Crippen LogP contribution in [0.4, 0.5) is 0 Å². The Morgan fingerprint density at radius 2 is 1.86 bits per heavy atom. The molecule has 4 aliphatic rings. The first kappa shape index (κ1) is 19.2. The quantitative estimate of drug-likeness (QED) is 0.828. The minimum Gasteiger partial charge on any atom is -0.493 e. The van der Waals surface area contributed by atoms with Gasteiger partial charge in [-0.25, -0.2) is 0 Å². The first-order valence-corrected chi connectivity index (χ1v) is 11.3. The highest BCUT2D eigenvalue weighted by Gasteiger charge is 2.49. The highest BCUT2D eigenvalue weighted by Crippen LogP contribution is 2.55. The number of ether oxygens (including phenoxy) is 2. The highest BCUT2D eigenvalue weighted by molar-refractivity contribution is 5.74. The number of amides is 1. The van der Waals surface area contributed by atoms with Crippen molar-refractivity contribution < 1.29 is 15.7 Å². The molecule has 5 rings (SSSR count). The summed E-state index contributed by atoms with van der Waals surface area (Å²) in [7, 11) is 3.38. The lowest BCUT2D eigenvalue weighted by molar-refractivity contribution is -0.119. The summed E-state index contributed by atoms with van der Waals surface area (Å²) >= 11 is 0. The number of piperidine rings is 1. The summed E-state index contributed by atoms with van der Waals surface area (Å²) in [5.74, 6) is 3.52. The number of methoxy groups -OCH3 is 2. The number of carbonyl (C=O) groups is 1. The zero-order valence-corrected chi connectivity index (χ0v) is 18.0. The van der Waals surface area contributed by atoms with E-state index in [-0.39, 0.29) is 18.8 Å². The van der Waals surface area contributed by atoms with E-state index >= 15 is 0 Å².